The fourth-order valence-corrected chi connectivity index (χ4v) is 4.61. The van der Waals surface area contributed by atoms with Gasteiger partial charge < -0.3 is 9.80 Å². The Balaban J connectivity index is 1.46. The molecule has 2 amide bonds. The van der Waals surface area contributed by atoms with Crippen molar-refractivity contribution < 1.29 is 18.4 Å². The van der Waals surface area contributed by atoms with E-state index < -0.39 is 17.5 Å². The SMILES string of the molecule is N#Cc1ccccc1Sc1ccccc1C(=O)N1CCN(C(=O)c2ccc(F)c(F)c2)CC1. The molecular weight excluding hydrogens is 444 g/mol. The lowest BCUT2D eigenvalue weighted by Crippen LogP contribution is -2.50. The topological polar surface area (TPSA) is 64.4 Å². The first-order valence-electron chi connectivity index (χ1n) is 10.3. The van der Waals surface area contributed by atoms with Gasteiger partial charge in [0.2, 0.25) is 0 Å². The van der Waals surface area contributed by atoms with Gasteiger partial charge in [-0.25, -0.2) is 8.78 Å². The van der Waals surface area contributed by atoms with E-state index in [2.05, 4.69) is 6.07 Å². The summed E-state index contributed by atoms with van der Waals surface area (Å²) in [6, 6.07) is 19.7. The third-order valence-corrected chi connectivity index (χ3v) is 6.52. The van der Waals surface area contributed by atoms with Crippen molar-refractivity contribution in [2.24, 2.45) is 0 Å². The van der Waals surface area contributed by atoms with E-state index in [9.17, 15) is 23.6 Å². The molecule has 0 aliphatic carbocycles. The summed E-state index contributed by atoms with van der Waals surface area (Å²) in [6.45, 7) is 1.22. The van der Waals surface area contributed by atoms with E-state index in [-0.39, 0.29) is 24.6 Å². The zero-order valence-electron chi connectivity index (χ0n) is 17.5. The molecule has 1 aliphatic heterocycles. The number of carbonyl (C=O) groups is 2. The van der Waals surface area contributed by atoms with Crippen LogP contribution in [-0.4, -0.2) is 47.8 Å². The zero-order chi connectivity index (χ0) is 23.4. The highest BCUT2D eigenvalue weighted by Gasteiger charge is 2.27. The second kappa shape index (κ2) is 9.84. The maximum absolute atomic E-state index is 13.5. The highest BCUT2D eigenvalue weighted by atomic mass is 32.2. The molecule has 166 valence electrons. The number of nitrogens with zero attached hydrogens (tertiary/aromatic N) is 3. The lowest BCUT2D eigenvalue weighted by Gasteiger charge is -2.35. The van der Waals surface area contributed by atoms with Crippen LogP contribution in [0, 0.1) is 23.0 Å². The van der Waals surface area contributed by atoms with Crippen LogP contribution in [-0.2, 0) is 0 Å². The van der Waals surface area contributed by atoms with Gasteiger partial charge in [0.1, 0.15) is 6.07 Å². The van der Waals surface area contributed by atoms with E-state index in [0.29, 0.717) is 24.2 Å². The minimum Gasteiger partial charge on any atom is -0.335 e. The fourth-order valence-electron chi connectivity index (χ4n) is 3.59. The molecular formula is C25H19F2N3O2S. The summed E-state index contributed by atoms with van der Waals surface area (Å²) in [5, 5.41) is 9.35. The molecule has 0 N–H and O–H groups in total. The van der Waals surface area contributed by atoms with Gasteiger partial charge in [0.15, 0.2) is 11.6 Å². The molecule has 0 saturated carbocycles. The van der Waals surface area contributed by atoms with Gasteiger partial charge in [-0.05, 0) is 42.5 Å². The Morgan fingerprint density at radius 1 is 0.788 bits per heavy atom. The molecule has 0 bridgehead atoms. The van der Waals surface area contributed by atoms with Crippen molar-refractivity contribution in [1.29, 1.82) is 5.26 Å². The van der Waals surface area contributed by atoms with E-state index in [1.807, 2.05) is 24.3 Å². The monoisotopic (exact) mass is 463 g/mol. The van der Waals surface area contributed by atoms with Gasteiger partial charge >= 0.3 is 0 Å². The van der Waals surface area contributed by atoms with Crippen LogP contribution in [0.4, 0.5) is 8.78 Å². The Morgan fingerprint density at radius 2 is 1.39 bits per heavy atom. The van der Waals surface area contributed by atoms with Crippen molar-refractivity contribution in [1.82, 2.24) is 9.80 Å². The Bertz CT molecular complexity index is 1250. The van der Waals surface area contributed by atoms with Crippen molar-refractivity contribution in [3.8, 4) is 6.07 Å². The van der Waals surface area contributed by atoms with Gasteiger partial charge in [0.25, 0.3) is 11.8 Å². The van der Waals surface area contributed by atoms with Gasteiger partial charge in [0.05, 0.1) is 11.1 Å². The molecule has 3 aromatic rings. The molecule has 1 aliphatic rings. The summed E-state index contributed by atoms with van der Waals surface area (Å²) in [5.74, 6) is -2.63. The second-order valence-electron chi connectivity index (χ2n) is 7.42. The van der Waals surface area contributed by atoms with Gasteiger partial charge in [-0.3, -0.25) is 9.59 Å². The Morgan fingerprint density at radius 3 is 2.06 bits per heavy atom. The first kappa shape index (κ1) is 22.5. The Hall–Kier alpha value is -3.70. The molecule has 0 atom stereocenters. The summed E-state index contributed by atoms with van der Waals surface area (Å²) in [5.41, 5.74) is 1.14. The number of hydrogen-bond donors (Lipinski definition) is 0. The van der Waals surface area contributed by atoms with Crippen molar-refractivity contribution in [3.63, 3.8) is 0 Å². The van der Waals surface area contributed by atoms with E-state index in [1.165, 1.54) is 22.7 Å². The molecule has 1 saturated heterocycles. The number of halogens is 2. The van der Waals surface area contributed by atoms with E-state index in [1.54, 1.807) is 29.2 Å². The zero-order valence-corrected chi connectivity index (χ0v) is 18.3. The standard InChI is InChI=1S/C25H19F2N3O2S/c26-20-10-9-17(15-21(20)27)24(31)29-11-13-30(14-12-29)25(32)19-6-2-4-8-23(19)33-22-7-3-1-5-18(22)16-28/h1-10,15H,11-14H2. The molecule has 1 fully saturated rings. The largest absolute Gasteiger partial charge is 0.335 e. The fraction of sp³-hybridized carbons (Fsp3) is 0.160. The van der Waals surface area contributed by atoms with Crippen LogP contribution in [0.5, 0.6) is 0 Å². The minimum atomic E-state index is -1.07. The summed E-state index contributed by atoms with van der Waals surface area (Å²) in [4.78, 5) is 30.6. The van der Waals surface area contributed by atoms with E-state index in [4.69, 9.17) is 0 Å². The molecule has 33 heavy (non-hydrogen) atoms. The van der Waals surface area contributed by atoms with Crippen LogP contribution in [0.1, 0.15) is 26.3 Å². The maximum Gasteiger partial charge on any atom is 0.255 e. The Kier molecular flexibility index (Phi) is 6.71. The number of nitriles is 1. The molecule has 4 rings (SSSR count). The molecule has 0 radical (unpaired) electrons. The average molecular weight is 464 g/mol. The lowest BCUT2D eigenvalue weighted by atomic mass is 10.1. The maximum atomic E-state index is 13.5. The van der Waals surface area contributed by atoms with Crippen molar-refractivity contribution in [2.75, 3.05) is 26.2 Å². The summed E-state index contributed by atoms with van der Waals surface area (Å²) < 4.78 is 26.6. The summed E-state index contributed by atoms with van der Waals surface area (Å²) in [7, 11) is 0. The van der Waals surface area contributed by atoms with Crippen molar-refractivity contribution in [3.05, 3.63) is 95.1 Å². The molecule has 8 heteroatoms. The van der Waals surface area contributed by atoms with E-state index >= 15 is 0 Å². The molecule has 5 nitrogen and oxygen atoms in total. The van der Waals surface area contributed by atoms with Crippen molar-refractivity contribution >= 4 is 23.6 Å². The Labute approximate surface area is 194 Å². The molecule has 0 spiro atoms. The number of hydrogen-bond acceptors (Lipinski definition) is 4. The van der Waals surface area contributed by atoms with Crippen LogP contribution in [0.25, 0.3) is 0 Å². The average Bonchev–Trinajstić information content (AvgIpc) is 2.85. The van der Waals surface area contributed by atoms with Crippen LogP contribution >= 0.6 is 11.8 Å². The minimum absolute atomic E-state index is 0.0755. The highest BCUT2D eigenvalue weighted by molar-refractivity contribution is 7.99. The highest BCUT2D eigenvalue weighted by Crippen LogP contribution is 2.33. The predicted molar refractivity (Wildman–Crippen MR) is 120 cm³/mol. The van der Waals surface area contributed by atoms with Crippen LogP contribution in [0.2, 0.25) is 0 Å². The summed E-state index contributed by atoms with van der Waals surface area (Å²) >= 11 is 1.36. The molecule has 0 aromatic heterocycles. The molecule has 0 unspecified atom stereocenters. The molecule has 1 heterocycles. The lowest BCUT2D eigenvalue weighted by molar-refractivity contribution is 0.0533. The smallest absolute Gasteiger partial charge is 0.255 e. The number of piperazine rings is 1. The number of amides is 2. The third kappa shape index (κ3) is 4.89. The quantitative estimate of drug-likeness (QED) is 0.568. The predicted octanol–water partition coefficient (Wildman–Crippen LogP) is 4.59. The van der Waals surface area contributed by atoms with Gasteiger partial charge in [-0.2, -0.15) is 5.26 Å². The van der Waals surface area contributed by atoms with Gasteiger partial charge in [-0.15, -0.1) is 0 Å². The van der Waals surface area contributed by atoms with Gasteiger partial charge in [0, 0.05) is 41.5 Å². The van der Waals surface area contributed by atoms with E-state index in [0.717, 1.165) is 21.9 Å². The van der Waals surface area contributed by atoms with Crippen LogP contribution in [0.3, 0.4) is 0 Å². The number of benzene rings is 3. The van der Waals surface area contributed by atoms with Crippen molar-refractivity contribution in [2.45, 2.75) is 9.79 Å². The third-order valence-electron chi connectivity index (χ3n) is 5.37. The van der Waals surface area contributed by atoms with Gasteiger partial charge in [-0.1, -0.05) is 36.0 Å². The van der Waals surface area contributed by atoms with Crippen LogP contribution in [0.15, 0.2) is 76.5 Å². The first-order valence-corrected chi connectivity index (χ1v) is 11.1. The summed E-state index contributed by atoms with van der Waals surface area (Å²) in [6.07, 6.45) is 0. The number of rotatable bonds is 4. The van der Waals surface area contributed by atoms with Crippen LogP contribution < -0.4 is 0 Å². The molecule has 3 aromatic carbocycles. The normalized spacial score (nSPS) is 13.5. The second-order valence-corrected chi connectivity index (χ2v) is 8.50. The first-order chi connectivity index (χ1) is 16.0. The number of carbonyl (C=O) groups excluding carboxylic acids is 2.